The van der Waals surface area contributed by atoms with Crippen molar-refractivity contribution in [3.05, 3.63) is 143 Å². The molecule has 0 bridgehead atoms. The molecule has 7 rings (SSSR count). The fourth-order valence-corrected chi connectivity index (χ4v) is 6.66. The number of ether oxygens (including phenoxy) is 1. The first-order valence-electron chi connectivity index (χ1n) is 13.9. The van der Waals surface area contributed by atoms with Crippen molar-refractivity contribution >= 4 is 16.8 Å². The van der Waals surface area contributed by atoms with E-state index in [9.17, 15) is 4.79 Å². The first-order valence-corrected chi connectivity index (χ1v) is 13.9. The third-order valence-electron chi connectivity index (χ3n) is 8.67. The Morgan fingerprint density at radius 1 is 0.821 bits per heavy atom. The lowest BCUT2D eigenvalue weighted by Crippen LogP contribution is -2.45. The Hall–Kier alpha value is -4.15. The van der Waals surface area contributed by atoms with Gasteiger partial charge in [-0.3, -0.25) is 4.79 Å². The van der Waals surface area contributed by atoms with Crippen molar-refractivity contribution in [3.63, 3.8) is 0 Å². The zero-order chi connectivity index (χ0) is 26.4. The number of fused-ring (bicyclic) bond motifs is 3. The van der Waals surface area contributed by atoms with Gasteiger partial charge in [0.15, 0.2) is 0 Å². The molecule has 0 saturated carbocycles. The van der Waals surface area contributed by atoms with E-state index in [1.54, 1.807) is 0 Å². The van der Waals surface area contributed by atoms with Crippen molar-refractivity contribution in [2.24, 2.45) is 0 Å². The molecule has 1 saturated heterocycles. The van der Waals surface area contributed by atoms with Crippen molar-refractivity contribution in [1.82, 2.24) is 9.47 Å². The molecule has 1 atom stereocenters. The predicted molar refractivity (Wildman–Crippen MR) is 155 cm³/mol. The van der Waals surface area contributed by atoms with Crippen LogP contribution in [0.25, 0.3) is 10.9 Å². The summed E-state index contributed by atoms with van der Waals surface area (Å²) in [6.07, 6.45) is 1.52. The van der Waals surface area contributed by atoms with Crippen LogP contribution in [0.15, 0.2) is 109 Å². The molecule has 0 N–H and O–H groups in total. The zero-order valence-corrected chi connectivity index (χ0v) is 22.2. The van der Waals surface area contributed by atoms with E-state index in [0.717, 1.165) is 41.5 Å². The van der Waals surface area contributed by atoms with E-state index in [2.05, 4.69) is 102 Å². The summed E-state index contributed by atoms with van der Waals surface area (Å²) in [7, 11) is 0. The van der Waals surface area contributed by atoms with Gasteiger partial charge < -0.3 is 14.2 Å². The first kappa shape index (κ1) is 23.9. The normalized spacial score (nSPS) is 18.0. The topological polar surface area (TPSA) is 34.5 Å². The van der Waals surface area contributed by atoms with Gasteiger partial charge in [0.25, 0.3) is 5.91 Å². The van der Waals surface area contributed by atoms with Gasteiger partial charge in [-0.1, -0.05) is 103 Å². The third-order valence-corrected chi connectivity index (χ3v) is 8.67. The zero-order valence-electron chi connectivity index (χ0n) is 22.2. The van der Waals surface area contributed by atoms with E-state index >= 15 is 0 Å². The Balaban J connectivity index is 1.17. The number of para-hydroxylation sites is 1. The van der Waals surface area contributed by atoms with Crippen molar-refractivity contribution in [3.8, 4) is 0 Å². The van der Waals surface area contributed by atoms with E-state index < -0.39 is 0 Å². The molecule has 194 valence electrons. The van der Waals surface area contributed by atoms with Crippen LogP contribution in [0.2, 0.25) is 0 Å². The fraction of sp³-hybridized carbons (Fsp3) is 0.229. The molecule has 0 aliphatic carbocycles. The standard InChI is InChI=1S/C35H32N2O2/c1-25-32(29-17-9-11-19-31(29)37(25)24-26-12-4-2-5-13-26)34(38)36-22-20-35(21-23-36)30-18-10-8-16-28(30)33(39-35)27-14-6-3-7-15-27/h2-19,33H,20-24H2,1H3/t33-/m1/s1. The maximum Gasteiger partial charge on any atom is 0.256 e. The van der Waals surface area contributed by atoms with Crippen molar-refractivity contribution in [2.45, 2.75) is 38.0 Å². The second-order valence-electron chi connectivity index (χ2n) is 10.8. The number of hydrogen-bond donors (Lipinski definition) is 0. The molecule has 1 aromatic heterocycles. The summed E-state index contributed by atoms with van der Waals surface area (Å²) in [6.45, 7) is 4.18. The average molecular weight is 513 g/mol. The summed E-state index contributed by atoms with van der Waals surface area (Å²) in [6, 6.07) is 37.9. The molecule has 4 aromatic carbocycles. The summed E-state index contributed by atoms with van der Waals surface area (Å²) in [5, 5.41) is 1.03. The molecule has 0 radical (unpaired) electrons. The van der Waals surface area contributed by atoms with Gasteiger partial charge in [0.05, 0.1) is 11.2 Å². The third kappa shape index (κ3) is 3.98. The van der Waals surface area contributed by atoms with Gasteiger partial charge in [0, 0.05) is 36.2 Å². The maximum absolute atomic E-state index is 14.1. The Bertz CT molecular complexity index is 1650. The lowest BCUT2D eigenvalue weighted by molar-refractivity contribution is -0.0925. The van der Waals surface area contributed by atoms with E-state index in [-0.39, 0.29) is 17.6 Å². The smallest absolute Gasteiger partial charge is 0.256 e. The van der Waals surface area contributed by atoms with E-state index in [4.69, 9.17) is 4.74 Å². The van der Waals surface area contributed by atoms with E-state index in [1.807, 2.05) is 23.1 Å². The molecule has 0 unspecified atom stereocenters. The van der Waals surface area contributed by atoms with Crippen LogP contribution in [-0.4, -0.2) is 28.5 Å². The van der Waals surface area contributed by atoms with Gasteiger partial charge in [-0.2, -0.15) is 0 Å². The molecule has 3 heterocycles. The predicted octanol–water partition coefficient (Wildman–Crippen LogP) is 7.25. The number of nitrogens with zero attached hydrogens (tertiary/aromatic N) is 2. The Labute approximate surface area is 229 Å². The van der Waals surface area contributed by atoms with Crippen LogP contribution in [0.3, 0.4) is 0 Å². The van der Waals surface area contributed by atoms with Crippen LogP contribution in [-0.2, 0) is 16.9 Å². The van der Waals surface area contributed by atoms with Crippen LogP contribution < -0.4 is 0 Å². The number of aromatic nitrogens is 1. The quantitative estimate of drug-likeness (QED) is 0.254. The van der Waals surface area contributed by atoms with Crippen molar-refractivity contribution < 1.29 is 9.53 Å². The minimum Gasteiger partial charge on any atom is -0.357 e. The van der Waals surface area contributed by atoms with Crippen LogP contribution in [0.4, 0.5) is 0 Å². The van der Waals surface area contributed by atoms with Crippen LogP contribution >= 0.6 is 0 Å². The largest absolute Gasteiger partial charge is 0.357 e. The van der Waals surface area contributed by atoms with Gasteiger partial charge in [-0.25, -0.2) is 0 Å². The molecular formula is C35H32N2O2. The minimum absolute atomic E-state index is 0.0668. The molecule has 4 heteroatoms. The van der Waals surface area contributed by atoms with Crippen molar-refractivity contribution in [2.75, 3.05) is 13.1 Å². The molecule has 1 amide bonds. The number of rotatable bonds is 4. The molecule has 4 nitrogen and oxygen atoms in total. The number of hydrogen-bond acceptors (Lipinski definition) is 2. The fourth-order valence-electron chi connectivity index (χ4n) is 6.66. The summed E-state index contributed by atoms with van der Waals surface area (Å²) in [5.74, 6) is 0.122. The number of piperidine rings is 1. The lowest BCUT2D eigenvalue weighted by Gasteiger charge is -2.40. The number of likely N-dealkylation sites (tertiary alicyclic amines) is 1. The Morgan fingerprint density at radius 2 is 1.46 bits per heavy atom. The Kier molecular flexibility index (Phi) is 5.86. The number of carbonyl (C=O) groups is 1. The highest BCUT2D eigenvalue weighted by Gasteiger charge is 2.47. The first-order chi connectivity index (χ1) is 19.1. The van der Waals surface area contributed by atoms with E-state index in [0.29, 0.717) is 13.1 Å². The lowest BCUT2D eigenvalue weighted by atomic mass is 9.83. The molecule has 5 aromatic rings. The highest BCUT2D eigenvalue weighted by atomic mass is 16.5. The van der Waals surface area contributed by atoms with Crippen LogP contribution in [0, 0.1) is 6.92 Å². The molecule has 2 aliphatic rings. The molecular weight excluding hydrogens is 480 g/mol. The van der Waals surface area contributed by atoms with E-state index in [1.165, 1.54) is 22.3 Å². The summed E-state index contributed by atoms with van der Waals surface area (Å²) in [5.41, 5.74) is 7.54. The van der Waals surface area contributed by atoms with Gasteiger partial charge in [-0.15, -0.1) is 0 Å². The molecule has 2 aliphatic heterocycles. The second kappa shape index (κ2) is 9.55. The Morgan fingerprint density at radius 3 is 2.23 bits per heavy atom. The van der Waals surface area contributed by atoms with Gasteiger partial charge >= 0.3 is 0 Å². The second-order valence-corrected chi connectivity index (χ2v) is 10.8. The summed E-state index contributed by atoms with van der Waals surface area (Å²) < 4.78 is 9.18. The maximum atomic E-state index is 14.1. The average Bonchev–Trinajstić information content (AvgIpc) is 3.46. The molecule has 1 spiro atoms. The minimum atomic E-state index is -0.357. The number of amides is 1. The molecule has 1 fully saturated rings. The van der Waals surface area contributed by atoms with Crippen LogP contribution in [0.5, 0.6) is 0 Å². The monoisotopic (exact) mass is 512 g/mol. The summed E-state index contributed by atoms with van der Waals surface area (Å²) in [4.78, 5) is 16.1. The number of benzene rings is 4. The SMILES string of the molecule is Cc1c(C(=O)N2CCC3(CC2)O[C@H](c2ccccc2)c2ccccc23)c2ccccc2n1Cc1ccccc1. The highest BCUT2D eigenvalue weighted by molar-refractivity contribution is 6.08. The number of carbonyl (C=O) groups excluding carboxylic acids is 1. The molecule has 39 heavy (non-hydrogen) atoms. The van der Waals surface area contributed by atoms with Gasteiger partial charge in [0.1, 0.15) is 6.10 Å². The van der Waals surface area contributed by atoms with Gasteiger partial charge in [0.2, 0.25) is 0 Å². The highest BCUT2D eigenvalue weighted by Crippen LogP contribution is 2.51. The van der Waals surface area contributed by atoms with Crippen molar-refractivity contribution in [1.29, 1.82) is 0 Å². The van der Waals surface area contributed by atoms with Crippen LogP contribution in [0.1, 0.15) is 57.3 Å². The summed E-state index contributed by atoms with van der Waals surface area (Å²) >= 11 is 0. The van der Waals surface area contributed by atoms with Gasteiger partial charge in [-0.05, 0) is 48.1 Å².